The molecule has 0 aromatic heterocycles. The molecule has 55 heavy (non-hydrogen) atoms. The van der Waals surface area contributed by atoms with Gasteiger partial charge in [-0.3, -0.25) is 9.36 Å². The number of rotatable bonds is 37. The molecule has 0 aromatic carbocycles. The van der Waals surface area contributed by atoms with Gasteiger partial charge < -0.3 is 34.0 Å². The van der Waals surface area contributed by atoms with Gasteiger partial charge in [0.25, 0.3) is 7.82 Å². The fraction of sp³-hybridized carbons (Fsp3) is 0.711. The van der Waals surface area contributed by atoms with Crippen molar-refractivity contribution in [1.82, 2.24) is 5.32 Å². The fourth-order valence-electron chi connectivity index (χ4n) is 5.49. The van der Waals surface area contributed by atoms with Crippen molar-refractivity contribution < 1.29 is 38.0 Å². The van der Waals surface area contributed by atoms with E-state index in [0.717, 1.165) is 51.4 Å². The summed E-state index contributed by atoms with van der Waals surface area (Å²) in [6.07, 6.45) is 44.7. The molecule has 318 valence electrons. The number of unbranched alkanes of at least 4 members (excludes halogenated alkanes) is 14. The highest BCUT2D eigenvalue weighted by atomic mass is 31.2. The Morgan fingerprint density at radius 2 is 1.22 bits per heavy atom. The number of aliphatic hydroxyl groups is 2. The van der Waals surface area contributed by atoms with Crippen LogP contribution in [0.25, 0.3) is 0 Å². The van der Waals surface area contributed by atoms with E-state index in [1.54, 1.807) is 12.2 Å². The van der Waals surface area contributed by atoms with Crippen LogP contribution in [0.5, 0.6) is 0 Å². The number of phosphoric acid groups is 1. The maximum atomic E-state index is 12.8. The summed E-state index contributed by atoms with van der Waals surface area (Å²) in [7, 11) is 1.19. The number of amides is 1. The zero-order valence-corrected chi connectivity index (χ0v) is 36.4. The number of quaternary nitrogens is 1. The van der Waals surface area contributed by atoms with Crippen molar-refractivity contribution in [3.05, 3.63) is 72.9 Å². The van der Waals surface area contributed by atoms with Crippen LogP contribution in [-0.2, 0) is 18.4 Å². The second kappa shape index (κ2) is 36.3. The van der Waals surface area contributed by atoms with Crippen molar-refractivity contribution in [3.63, 3.8) is 0 Å². The minimum atomic E-state index is -4.61. The molecule has 10 heteroatoms. The molecular weight excluding hydrogens is 711 g/mol. The molecule has 0 saturated carbocycles. The number of phosphoric ester groups is 1. The van der Waals surface area contributed by atoms with Crippen molar-refractivity contribution in [2.24, 2.45) is 0 Å². The van der Waals surface area contributed by atoms with Gasteiger partial charge in [0.1, 0.15) is 13.2 Å². The molecule has 0 aliphatic rings. The van der Waals surface area contributed by atoms with Gasteiger partial charge in [-0.15, -0.1) is 0 Å². The highest BCUT2D eigenvalue weighted by Gasteiger charge is 2.23. The molecule has 0 aromatic rings. The first-order chi connectivity index (χ1) is 26.4. The van der Waals surface area contributed by atoms with Crippen molar-refractivity contribution in [3.8, 4) is 0 Å². The Morgan fingerprint density at radius 3 is 1.78 bits per heavy atom. The van der Waals surface area contributed by atoms with Gasteiger partial charge in [-0.1, -0.05) is 164 Å². The van der Waals surface area contributed by atoms with E-state index in [4.69, 9.17) is 9.05 Å². The molecule has 3 N–H and O–H groups in total. The highest BCUT2D eigenvalue weighted by Crippen LogP contribution is 2.38. The molecule has 0 aliphatic heterocycles. The Morgan fingerprint density at radius 1 is 0.691 bits per heavy atom. The first-order valence-electron chi connectivity index (χ1n) is 21.4. The first kappa shape index (κ1) is 52.9. The quantitative estimate of drug-likeness (QED) is 0.0188. The largest absolute Gasteiger partial charge is 0.756 e. The minimum absolute atomic E-state index is 0.0217. The van der Waals surface area contributed by atoms with Crippen LogP contribution in [0.15, 0.2) is 72.9 Å². The molecule has 0 radical (unpaired) electrons. The fourth-order valence-corrected chi connectivity index (χ4v) is 6.21. The van der Waals surface area contributed by atoms with Crippen LogP contribution in [0.2, 0.25) is 0 Å². The number of carbonyl (C=O) groups is 1. The summed E-state index contributed by atoms with van der Waals surface area (Å²) in [5.41, 5.74) is 0. The molecule has 0 saturated heterocycles. The highest BCUT2D eigenvalue weighted by molar-refractivity contribution is 7.45. The SMILES string of the molecule is CCCCCCCCCCCCCCC/C=C/[C@@H](O)[C@H](COP(=O)([O-])OCC[N+](C)(C)C)NC(=O)CCC/C=C\C/C=C\C/C=C\C/C=C\C=C\[C@H](O)CC. The number of hydrogen-bond acceptors (Lipinski definition) is 7. The smallest absolute Gasteiger partial charge is 0.268 e. The Balaban J connectivity index is 4.60. The Labute approximate surface area is 336 Å². The summed E-state index contributed by atoms with van der Waals surface area (Å²) < 4.78 is 23.1. The van der Waals surface area contributed by atoms with E-state index in [0.29, 0.717) is 17.4 Å². The summed E-state index contributed by atoms with van der Waals surface area (Å²) in [4.78, 5) is 25.2. The third kappa shape index (κ3) is 38.5. The molecule has 9 nitrogen and oxygen atoms in total. The van der Waals surface area contributed by atoms with Gasteiger partial charge in [-0.25, -0.2) is 0 Å². The lowest BCUT2D eigenvalue weighted by Crippen LogP contribution is -2.45. The van der Waals surface area contributed by atoms with Crippen molar-refractivity contribution in [2.75, 3.05) is 40.9 Å². The molecule has 1 amide bonds. The molecule has 0 aliphatic carbocycles. The van der Waals surface area contributed by atoms with Crippen LogP contribution < -0.4 is 10.2 Å². The molecular formula is C45H81N2O7P. The number of likely N-dealkylation sites (N-methyl/N-ethyl adjacent to an activating group) is 1. The maximum absolute atomic E-state index is 12.8. The number of carbonyl (C=O) groups excluding carboxylic acids is 1. The van der Waals surface area contributed by atoms with Crippen molar-refractivity contribution >= 4 is 13.7 Å². The Hall–Kier alpha value is -2.10. The number of allylic oxidation sites excluding steroid dienone is 10. The minimum Gasteiger partial charge on any atom is -0.756 e. The average molecular weight is 793 g/mol. The van der Waals surface area contributed by atoms with Crippen LogP contribution >= 0.6 is 7.82 Å². The van der Waals surface area contributed by atoms with Gasteiger partial charge in [-0.05, 0) is 51.4 Å². The summed E-state index contributed by atoms with van der Waals surface area (Å²) in [5, 5.41) is 23.2. The van der Waals surface area contributed by atoms with Gasteiger partial charge >= 0.3 is 0 Å². The monoisotopic (exact) mass is 793 g/mol. The number of nitrogens with zero attached hydrogens (tertiary/aromatic N) is 1. The van der Waals surface area contributed by atoms with Gasteiger partial charge in [0.15, 0.2) is 0 Å². The van der Waals surface area contributed by atoms with Crippen molar-refractivity contribution in [2.45, 2.75) is 167 Å². The Kier molecular flexibility index (Phi) is 34.9. The molecule has 0 fully saturated rings. The molecule has 0 rings (SSSR count). The van der Waals surface area contributed by atoms with Crippen LogP contribution in [-0.4, -0.2) is 79.8 Å². The predicted octanol–water partition coefficient (Wildman–Crippen LogP) is 9.97. The average Bonchev–Trinajstić information content (AvgIpc) is 3.13. The number of aliphatic hydroxyl groups excluding tert-OH is 2. The van der Waals surface area contributed by atoms with Gasteiger partial charge in [0.05, 0.1) is 46.0 Å². The zero-order valence-electron chi connectivity index (χ0n) is 35.5. The van der Waals surface area contributed by atoms with Crippen LogP contribution in [0, 0.1) is 0 Å². The molecule has 0 spiro atoms. The standard InChI is InChI=1S/C45H81N2O7P/c1-6-8-9-10-11-12-13-14-15-19-22-25-28-31-34-37-44(49)43(41-54-55(51,52)53-40-39-47(3,4)5)46-45(50)38-35-32-29-26-23-20-17-16-18-21-24-27-30-33-36-42(48)7-2/h17-18,20-21,26-27,29-30,33-34,36-37,42-44,48-49H,6-16,19,22-25,28,31-32,35,38-41H2,1-5H3,(H-,46,50,51,52)/b20-17-,21-18-,29-26-,30-27-,36-33+,37-34+/t42-,43+,44-/m1/s1. The predicted molar refractivity (Wildman–Crippen MR) is 229 cm³/mol. The van der Waals surface area contributed by atoms with Crippen LogP contribution in [0.1, 0.15) is 149 Å². The number of nitrogens with one attached hydrogen (secondary N) is 1. The lowest BCUT2D eigenvalue weighted by molar-refractivity contribution is -0.870. The van der Waals surface area contributed by atoms with Crippen LogP contribution in [0.3, 0.4) is 0 Å². The van der Waals surface area contributed by atoms with E-state index < -0.39 is 26.6 Å². The topological polar surface area (TPSA) is 128 Å². The summed E-state index contributed by atoms with van der Waals surface area (Å²) >= 11 is 0. The second-order valence-corrected chi connectivity index (χ2v) is 16.9. The van der Waals surface area contributed by atoms with E-state index in [1.807, 2.05) is 52.4 Å². The summed E-state index contributed by atoms with van der Waals surface area (Å²) in [5.74, 6) is -0.270. The third-order valence-corrected chi connectivity index (χ3v) is 10.0. The summed E-state index contributed by atoms with van der Waals surface area (Å²) in [6.45, 7) is 4.24. The first-order valence-corrected chi connectivity index (χ1v) is 22.9. The van der Waals surface area contributed by atoms with E-state index in [9.17, 15) is 24.5 Å². The number of hydrogen-bond donors (Lipinski definition) is 3. The van der Waals surface area contributed by atoms with Crippen LogP contribution in [0.4, 0.5) is 0 Å². The zero-order chi connectivity index (χ0) is 40.9. The van der Waals surface area contributed by atoms with E-state index in [-0.39, 0.29) is 25.0 Å². The van der Waals surface area contributed by atoms with Gasteiger partial charge in [0, 0.05) is 6.42 Å². The third-order valence-electron chi connectivity index (χ3n) is 9.08. The van der Waals surface area contributed by atoms with E-state index in [1.165, 1.54) is 70.6 Å². The molecule has 0 heterocycles. The molecule has 0 bridgehead atoms. The summed E-state index contributed by atoms with van der Waals surface area (Å²) in [6, 6.07) is -0.929. The van der Waals surface area contributed by atoms with E-state index in [2.05, 4.69) is 48.7 Å². The molecule has 4 atom stereocenters. The van der Waals surface area contributed by atoms with Gasteiger partial charge in [-0.2, -0.15) is 0 Å². The Bertz CT molecular complexity index is 1140. The lowest BCUT2D eigenvalue weighted by Gasteiger charge is -2.29. The molecule has 1 unspecified atom stereocenters. The van der Waals surface area contributed by atoms with Crippen molar-refractivity contribution in [1.29, 1.82) is 0 Å². The van der Waals surface area contributed by atoms with E-state index >= 15 is 0 Å². The maximum Gasteiger partial charge on any atom is 0.268 e. The lowest BCUT2D eigenvalue weighted by atomic mass is 10.0. The van der Waals surface area contributed by atoms with Gasteiger partial charge in [0.2, 0.25) is 5.91 Å². The second-order valence-electron chi connectivity index (χ2n) is 15.5. The normalized spacial score (nSPS) is 15.7.